The number of anilines is 1. The molecule has 0 spiro atoms. The summed E-state index contributed by atoms with van der Waals surface area (Å²) in [6.45, 7) is 0. The van der Waals surface area contributed by atoms with Crippen LogP contribution in [0.5, 0.6) is 0 Å². The fourth-order valence-corrected chi connectivity index (χ4v) is 5.77. The standard InChI is InChI=1S/C21H25ClN4OS/c1-26(21-19-10-11-23-20(19)24-14-25-21)18-8-4-16(5-9-18)13-28(27)12-15-2-6-17(22)7-3-15/h2-3,6-7,10-11,14,16,18H,4-5,8-9,12-13H2,1H3,(H,23,24,25). The predicted octanol–water partition coefficient (Wildman–Crippen LogP) is 4.56. The van der Waals surface area contributed by atoms with E-state index in [-0.39, 0.29) is 0 Å². The summed E-state index contributed by atoms with van der Waals surface area (Å²) in [5.74, 6) is 2.93. The summed E-state index contributed by atoms with van der Waals surface area (Å²) in [4.78, 5) is 14.2. The highest BCUT2D eigenvalue weighted by Crippen LogP contribution is 2.32. The minimum Gasteiger partial charge on any atom is -0.616 e. The molecule has 1 unspecified atom stereocenters. The Kier molecular flexibility index (Phi) is 6.09. The van der Waals surface area contributed by atoms with Crippen molar-refractivity contribution >= 4 is 39.6 Å². The molecule has 5 nitrogen and oxygen atoms in total. The second kappa shape index (κ2) is 8.72. The van der Waals surface area contributed by atoms with Gasteiger partial charge in [-0.25, -0.2) is 9.97 Å². The minimum absolute atomic E-state index is 0.467. The molecule has 0 saturated heterocycles. The van der Waals surface area contributed by atoms with Crippen LogP contribution in [0.2, 0.25) is 5.02 Å². The van der Waals surface area contributed by atoms with E-state index in [1.807, 2.05) is 36.5 Å². The van der Waals surface area contributed by atoms with E-state index in [1.165, 1.54) is 0 Å². The van der Waals surface area contributed by atoms with Gasteiger partial charge in [0.1, 0.15) is 29.3 Å². The number of fused-ring (bicyclic) bond motifs is 1. The van der Waals surface area contributed by atoms with Crippen LogP contribution in [0.4, 0.5) is 5.82 Å². The van der Waals surface area contributed by atoms with Crippen molar-refractivity contribution in [3.63, 3.8) is 0 Å². The van der Waals surface area contributed by atoms with Crippen LogP contribution in [0, 0.1) is 5.92 Å². The first-order chi connectivity index (χ1) is 13.6. The minimum atomic E-state index is -0.828. The summed E-state index contributed by atoms with van der Waals surface area (Å²) in [6.07, 6.45) is 7.97. The number of hydrogen-bond donors (Lipinski definition) is 1. The number of H-pyrrole nitrogens is 1. The maximum absolute atomic E-state index is 12.6. The van der Waals surface area contributed by atoms with Crippen molar-refractivity contribution in [3.8, 4) is 0 Å². The fraction of sp³-hybridized carbons (Fsp3) is 0.429. The smallest absolute Gasteiger partial charge is 0.142 e. The third kappa shape index (κ3) is 4.45. The van der Waals surface area contributed by atoms with E-state index in [9.17, 15) is 4.55 Å². The Hall–Kier alpha value is -1.76. The molecule has 3 aromatic rings. The molecule has 2 aromatic heterocycles. The van der Waals surface area contributed by atoms with Crippen LogP contribution in [-0.4, -0.2) is 38.3 Å². The quantitative estimate of drug-likeness (QED) is 0.598. The highest BCUT2D eigenvalue weighted by Gasteiger charge is 2.28. The van der Waals surface area contributed by atoms with Crippen molar-refractivity contribution < 1.29 is 4.55 Å². The Bertz CT molecular complexity index is 908. The zero-order valence-electron chi connectivity index (χ0n) is 16.0. The zero-order valence-corrected chi connectivity index (χ0v) is 17.5. The first-order valence-electron chi connectivity index (χ1n) is 9.70. The first kappa shape index (κ1) is 19.6. The van der Waals surface area contributed by atoms with Crippen LogP contribution < -0.4 is 4.90 Å². The van der Waals surface area contributed by atoms with Gasteiger partial charge in [-0.3, -0.25) is 0 Å². The van der Waals surface area contributed by atoms with E-state index in [2.05, 4.69) is 26.9 Å². The van der Waals surface area contributed by atoms with Crippen molar-refractivity contribution in [2.24, 2.45) is 5.92 Å². The Morgan fingerprint density at radius 1 is 1.14 bits per heavy atom. The second-order valence-corrected chi connectivity index (χ2v) is 9.54. The van der Waals surface area contributed by atoms with E-state index >= 15 is 0 Å². The molecule has 0 aliphatic heterocycles. The average Bonchev–Trinajstić information content (AvgIpc) is 3.19. The average molecular weight is 417 g/mol. The Balaban J connectivity index is 1.30. The molecule has 0 amide bonds. The number of benzene rings is 1. The van der Waals surface area contributed by atoms with Gasteiger partial charge in [-0.15, -0.1) is 0 Å². The van der Waals surface area contributed by atoms with E-state index in [0.29, 0.717) is 17.7 Å². The second-order valence-electron chi connectivity index (χ2n) is 7.60. The highest BCUT2D eigenvalue weighted by atomic mass is 35.5. The zero-order chi connectivity index (χ0) is 19.5. The van der Waals surface area contributed by atoms with Crippen molar-refractivity contribution in [2.75, 3.05) is 17.7 Å². The number of hydrogen-bond acceptors (Lipinski definition) is 4. The largest absolute Gasteiger partial charge is 0.616 e. The molecule has 1 aliphatic rings. The van der Waals surface area contributed by atoms with Gasteiger partial charge in [0.2, 0.25) is 0 Å². The summed E-state index contributed by atoms with van der Waals surface area (Å²) in [5, 5.41) is 1.79. The molecule has 1 N–H and O–H groups in total. The van der Waals surface area contributed by atoms with Gasteiger partial charge in [0.25, 0.3) is 0 Å². The normalized spacial score (nSPS) is 21.0. The Morgan fingerprint density at radius 2 is 1.89 bits per heavy atom. The van der Waals surface area contributed by atoms with Crippen LogP contribution >= 0.6 is 11.6 Å². The van der Waals surface area contributed by atoms with Gasteiger partial charge in [0, 0.05) is 35.8 Å². The fourth-order valence-electron chi connectivity index (χ4n) is 4.10. The van der Waals surface area contributed by atoms with Gasteiger partial charge >= 0.3 is 0 Å². The van der Waals surface area contributed by atoms with Gasteiger partial charge in [-0.1, -0.05) is 23.7 Å². The molecule has 4 rings (SSSR count). The lowest BCUT2D eigenvalue weighted by atomic mass is 9.86. The molecule has 0 radical (unpaired) electrons. The van der Waals surface area contributed by atoms with Crippen LogP contribution in [0.15, 0.2) is 42.9 Å². The molecule has 148 valence electrons. The molecule has 28 heavy (non-hydrogen) atoms. The van der Waals surface area contributed by atoms with Gasteiger partial charge in [-0.2, -0.15) is 0 Å². The van der Waals surface area contributed by atoms with Gasteiger partial charge in [-0.05, 0) is 55.1 Å². The van der Waals surface area contributed by atoms with Crippen LogP contribution in [0.25, 0.3) is 11.0 Å². The van der Waals surface area contributed by atoms with Crippen molar-refractivity contribution in [1.82, 2.24) is 15.0 Å². The summed E-state index contributed by atoms with van der Waals surface area (Å²) in [6, 6.07) is 10.2. The summed E-state index contributed by atoms with van der Waals surface area (Å²) in [7, 11) is 2.12. The topological polar surface area (TPSA) is 67.9 Å². The SMILES string of the molecule is CN(c1ncnc2[nH]ccc12)C1CCC(C[S+]([O-])Cc2ccc(Cl)cc2)CC1. The molecule has 1 aromatic carbocycles. The van der Waals surface area contributed by atoms with E-state index in [0.717, 1.165) is 58.9 Å². The third-order valence-electron chi connectivity index (χ3n) is 5.69. The number of halogens is 1. The van der Waals surface area contributed by atoms with Crippen LogP contribution in [0.1, 0.15) is 31.2 Å². The monoisotopic (exact) mass is 416 g/mol. The molecular weight excluding hydrogens is 392 g/mol. The molecular formula is C21H25ClN4OS. The third-order valence-corrected chi connectivity index (χ3v) is 7.44. The van der Waals surface area contributed by atoms with Crippen LogP contribution in [0.3, 0.4) is 0 Å². The lowest BCUT2D eigenvalue weighted by Gasteiger charge is -2.35. The summed E-state index contributed by atoms with van der Waals surface area (Å²) in [5.41, 5.74) is 1.97. The maximum Gasteiger partial charge on any atom is 0.142 e. The number of aromatic nitrogens is 3. The van der Waals surface area contributed by atoms with Gasteiger partial charge in [0.05, 0.1) is 5.39 Å². The predicted molar refractivity (Wildman–Crippen MR) is 116 cm³/mol. The molecule has 0 bridgehead atoms. The number of nitrogens with one attached hydrogen (secondary N) is 1. The highest BCUT2D eigenvalue weighted by molar-refractivity contribution is 7.90. The number of aromatic amines is 1. The summed E-state index contributed by atoms with van der Waals surface area (Å²) >= 11 is 5.10. The molecule has 2 heterocycles. The van der Waals surface area contributed by atoms with Gasteiger partial charge < -0.3 is 14.4 Å². The van der Waals surface area contributed by atoms with Crippen LogP contribution in [-0.2, 0) is 16.9 Å². The number of nitrogens with zero attached hydrogens (tertiary/aromatic N) is 3. The molecule has 1 saturated carbocycles. The number of rotatable bonds is 6. The van der Waals surface area contributed by atoms with Crippen molar-refractivity contribution in [2.45, 2.75) is 37.5 Å². The summed E-state index contributed by atoms with van der Waals surface area (Å²) < 4.78 is 12.6. The Labute approximate surface area is 173 Å². The van der Waals surface area contributed by atoms with E-state index in [4.69, 9.17) is 11.6 Å². The van der Waals surface area contributed by atoms with E-state index in [1.54, 1.807) is 6.33 Å². The maximum atomic E-state index is 12.6. The lowest BCUT2D eigenvalue weighted by molar-refractivity contribution is 0.340. The lowest BCUT2D eigenvalue weighted by Crippen LogP contribution is -2.37. The van der Waals surface area contributed by atoms with E-state index < -0.39 is 11.2 Å². The van der Waals surface area contributed by atoms with Crippen molar-refractivity contribution in [3.05, 3.63) is 53.4 Å². The van der Waals surface area contributed by atoms with Gasteiger partial charge in [0.15, 0.2) is 0 Å². The molecule has 7 heteroatoms. The Morgan fingerprint density at radius 3 is 2.64 bits per heavy atom. The molecule has 1 aliphatic carbocycles. The molecule has 1 atom stereocenters. The first-order valence-corrected chi connectivity index (χ1v) is 11.6. The van der Waals surface area contributed by atoms with Crippen molar-refractivity contribution in [1.29, 1.82) is 0 Å². The molecule has 1 fully saturated rings.